The summed E-state index contributed by atoms with van der Waals surface area (Å²) in [4.78, 5) is 1.99. The number of rotatable bonds is 3. The van der Waals surface area contributed by atoms with Crippen LogP contribution >= 0.6 is 27.5 Å². The van der Waals surface area contributed by atoms with Crippen molar-refractivity contribution in [3.63, 3.8) is 0 Å². The Kier molecular flexibility index (Phi) is 4.68. The highest BCUT2D eigenvalue weighted by atomic mass is 79.9. The fourth-order valence-electron chi connectivity index (χ4n) is 1.94. The van der Waals surface area contributed by atoms with Gasteiger partial charge in [0.2, 0.25) is 0 Å². The van der Waals surface area contributed by atoms with Crippen LogP contribution in [-0.2, 0) is 0 Å². The third-order valence-corrected chi connectivity index (χ3v) is 4.43. The summed E-state index contributed by atoms with van der Waals surface area (Å²) in [6.45, 7) is 0. The van der Waals surface area contributed by atoms with Gasteiger partial charge in [-0.2, -0.15) is 0 Å². The molecule has 0 saturated carbocycles. The highest BCUT2D eigenvalue weighted by molar-refractivity contribution is 9.10. The molecular weight excluding hydrogens is 343 g/mol. The summed E-state index contributed by atoms with van der Waals surface area (Å²) in [5.41, 5.74) is 8.43. The number of hydrogen-bond acceptors (Lipinski definition) is 2. The van der Waals surface area contributed by atoms with Crippen LogP contribution in [0.3, 0.4) is 0 Å². The van der Waals surface area contributed by atoms with Crippen molar-refractivity contribution in [1.82, 2.24) is 0 Å². The lowest BCUT2D eigenvalue weighted by atomic mass is 9.99. The molecule has 0 aliphatic heterocycles. The first-order chi connectivity index (χ1) is 9.41. The molecule has 0 radical (unpaired) electrons. The molecule has 0 aromatic heterocycles. The van der Waals surface area contributed by atoms with Gasteiger partial charge in [-0.05, 0) is 39.7 Å². The maximum Gasteiger partial charge on any atom is 0.148 e. The highest BCUT2D eigenvalue weighted by Crippen LogP contribution is 2.32. The summed E-state index contributed by atoms with van der Waals surface area (Å²) in [6, 6.07) is 10.5. The van der Waals surface area contributed by atoms with Gasteiger partial charge >= 0.3 is 0 Å². The molecule has 2 N–H and O–H groups in total. The summed E-state index contributed by atoms with van der Waals surface area (Å²) in [5.74, 6) is -0.481. The number of anilines is 1. The van der Waals surface area contributed by atoms with Gasteiger partial charge in [0, 0.05) is 29.8 Å². The third-order valence-electron chi connectivity index (χ3n) is 3.17. The second-order valence-electron chi connectivity index (χ2n) is 4.73. The fourth-order valence-corrected chi connectivity index (χ4v) is 2.42. The van der Waals surface area contributed by atoms with E-state index in [1.807, 2.05) is 43.3 Å². The molecule has 20 heavy (non-hydrogen) atoms. The zero-order valence-electron chi connectivity index (χ0n) is 11.2. The summed E-state index contributed by atoms with van der Waals surface area (Å²) in [7, 11) is 3.92. The molecule has 2 aromatic carbocycles. The SMILES string of the molecule is CN(C)c1ccc(C(N)c2ccc(Br)c(Cl)c2F)cc1. The van der Waals surface area contributed by atoms with Gasteiger partial charge in [0.1, 0.15) is 5.82 Å². The van der Waals surface area contributed by atoms with Crippen molar-refractivity contribution in [2.24, 2.45) is 5.73 Å². The highest BCUT2D eigenvalue weighted by Gasteiger charge is 2.17. The van der Waals surface area contributed by atoms with Crippen molar-refractivity contribution in [2.45, 2.75) is 6.04 Å². The Labute approximate surface area is 131 Å². The van der Waals surface area contributed by atoms with Crippen LogP contribution in [0.15, 0.2) is 40.9 Å². The largest absolute Gasteiger partial charge is 0.378 e. The molecule has 0 fully saturated rings. The van der Waals surface area contributed by atoms with Crippen LogP contribution in [0.25, 0.3) is 0 Å². The summed E-state index contributed by atoms with van der Waals surface area (Å²) in [5, 5.41) is 0.0582. The lowest BCUT2D eigenvalue weighted by molar-refractivity contribution is 0.599. The zero-order chi connectivity index (χ0) is 14.9. The predicted octanol–water partition coefficient (Wildman–Crippen LogP) is 4.36. The van der Waals surface area contributed by atoms with E-state index in [9.17, 15) is 4.39 Å². The second kappa shape index (κ2) is 6.12. The molecule has 1 atom stereocenters. The Morgan fingerprint density at radius 3 is 2.30 bits per heavy atom. The first kappa shape index (κ1) is 15.3. The van der Waals surface area contributed by atoms with E-state index in [-0.39, 0.29) is 5.02 Å². The van der Waals surface area contributed by atoms with Crippen LogP contribution in [0, 0.1) is 5.82 Å². The van der Waals surface area contributed by atoms with E-state index in [1.54, 1.807) is 12.1 Å². The van der Waals surface area contributed by atoms with Gasteiger partial charge in [-0.1, -0.05) is 29.8 Å². The lowest BCUT2D eigenvalue weighted by Crippen LogP contribution is -2.14. The molecule has 0 spiro atoms. The minimum Gasteiger partial charge on any atom is -0.378 e. The Morgan fingerprint density at radius 2 is 1.75 bits per heavy atom. The molecular formula is C15H15BrClFN2. The molecule has 0 amide bonds. The number of hydrogen-bond donors (Lipinski definition) is 1. The summed E-state index contributed by atoms with van der Waals surface area (Å²) < 4.78 is 14.7. The average molecular weight is 358 g/mol. The Bertz CT molecular complexity index is 614. The summed E-state index contributed by atoms with van der Waals surface area (Å²) >= 11 is 9.09. The maximum absolute atomic E-state index is 14.2. The monoisotopic (exact) mass is 356 g/mol. The van der Waals surface area contributed by atoms with Crippen molar-refractivity contribution in [1.29, 1.82) is 0 Å². The van der Waals surface area contributed by atoms with E-state index < -0.39 is 11.9 Å². The van der Waals surface area contributed by atoms with Gasteiger partial charge in [-0.3, -0.25) is 0 Å². The van der Waals surface area contributed by atoms with Crippen molar-refractivity contribution in [3.8, 4) is 0 Å². The minimum atomic E-state index is -0.545. The quantitative estimate of drug-likeness (QED) is 0.827. The van der Waals surface area contributed by atoms with Crippen molar-refractivity contribution < 1.29 is 4.39 Å². The van der Waals surface area contributed by atoms with Gasteiger partial charge in [0.15, 0.2) is 0 Å². The normalized spacial score (nSPS) is 12.3. The molecule has 0 aliphatic carbocycles. The van der Waals surface area contributed by atoms with E-state index in [0.29, 0.717) is 10.0 Å². The van der Waals surface area contributed by atoms with Crippen LogP contribution in [0.5, 0.6) is 0 Å². The second-order valence-corrected chi connectivity index (χ2v) is 5.96. The van der Waals surface area contributed by atoms with Gasteiger partial charge in [-0.25, -0.2) is 4.39 Å². The topological polar surface area (TPSA) is 29.3 Å². The molecule has 0 heterocycles. The Morgan fingerprint density at radius 1 is 1.15 bits per heavy atom. The minimum absolute atomic E-state index is 0.0582. The van der Waals surface area contributed by atoms with E-state index in [0.717, 1.165) is 11.3 Å². The average Bonchev–Trinajstić information content (AvgIpc) is 2.44. The molecule has 5 heteroatoms. The number of nitrogens with two attached hydrogens (primary N) is 1. The number of nitrogens with zero attached hydrogens (tertiary/aromatic N) is 1. The third kappa shape index (κ3) is 2.97. The Balaban J connectivity index is 2.36. The molecule has 2 rings (SSSR count). The molecule has 0 bridgehead atoms. The lowest BCUT2D eigenvalue weighted by Gasteiger charge is -2.17. The van der Waals surface area contributed by atoms with Gasteiger partial charge in [-0.15, -0.1) is 0 Å². The van der Waals surface area contributed by atoms with Crippen LogP contribution in [-0.4, -0.2) is 14.1 Å². The van der Waals surface area contributed by atoms with Gasteiger partial charge in [0.05, 0.1) is 11.1 Å². The molecule has 2 nitrogen and oxygen atoms in total. The number of benzene rings is 2. The van der Waals surface area contributed by atoms with E-state index in [1.165, 1.54) is 0 Å². The summed E-state index contributed by atoms with van der Waals surface area (Å²) in [6.07, 6.45) is 0. The van der Waals surface area contributed by atoms with Gasteiger partial charge < -0.3 is 10.6 Å². The van der Waals surface area contributed by atoms with Crippen molar-refractivity contribution in [2.75, 3.05) is 19.0 Å². The van der Waals surface area contributed by atoms with Crippen molar-refractivity contribution in [3.05, 3.63) is 62.8 Å². The maximum atomic E-state index is 14.2. The molecule has 0 aliphatic rings. The smallest absolute Gasteiger partial charge is 0.148 e. The van der Waals surface area contributed by atoms with Crippen LogP contribution in [0.4, 0.5) is 10.1 Å². The molecule has 2 aromatic rings. The standard InChI is InChI=1S/C15H15BrClFN2/c1-20(2)10-5-3-9(4-6-10)15(19)11-7-8-12(16)13(17)14(11)18/h3-8,15H,19H2,1-2H3. The van der Waals surface area contributed by atoms with Crippen LogP contribution < -0.4 is 10.6 Å². The van der Waals surface area contributed by atoms with E-state index in [2.05, 4.69) is 15.9 Å². The molecule has 0 saturated heterocycles. The first-order valence-electron chi connectivity index (χ1n) is 6.08. The first-order valence-corrected chi connectivity index (χ1v) is 7.25. The zero-order valence-corrected chi connectivity index (χ0v) is 13.5. The van der Waals surface area contributed by atoms with Crippen LogP contribution in [0.2, 0.25) is 5.02 Å². The predicted molar refractivity (Wildman–Crippen MR) is 85.9 cm³/mol. The Hall–Kier alpha value is -1.10. The van der Waals surface area contributed by atoms with E-state index in [4.69, 9.17) is 17.3 Å². The van der Waals surface area contributed by atoms with E-state index >= 15 is 0 Å². The fraction of sp³-hybridized carbons (Fsp3) is 0.200. The number of halogens is 3. The molecule has 1 unspecified atom stereocenters. The molecule has 106 valence electrons. The van der Waals surface area contributed by atoms with Gasteiger partial charge in [0.25, 0.3) is 0 Å². The van der Waals surface area contributed by atoms with Crippen molar-refractivity contribution >= 4 is 33.2 Å². The van der Waals surface area contributed by atoms with Crippen LogP contribution in [0.1, 0.15) is 17.2 Å².